The number of aryl methyl sites for hydroxylation is 2. The fourth-order valence-corrected chi connectivity index (χ4v) is 5.02. The molecule has 162 valence electrons. The molecule has 0 aliphatic carbocycles. The van der Waals surface area contributed by atoms with Crippen molar-refractivity contribution in [3.8, 4) is 5.69 Å². The van der Waals surface area contributed by atoms with Crippen molar-refractivity contribution in [1.29, 1.82) is 0 Å². The summed E-state index contributed by atoms with van der Waals surface area (Å²) in [6.45, 7) is 6.78. The number of benzene rings is 1. The molecule has 4 rings (SSSR count). The molecule has 3 heterocycles. The van der Waals surface area contributed by atoms with Crippen LogP contribution in [-0.2, 0) is 5.75 Å². The lowest BCUT2D eigenvalue weighted by atomic mass is 10.0. The lowest BCUT2D eigenvalue weighted by molar-refractivity contribution is 0.0628. The molecule has 1 amide bonds. The van der Waals surface area contributed by atoms with Crippen molar-refractivity contribution in [2.24, 2.45) is 0 Å². The van der Waals surface area contributed by atoms with E-state index < -0.39 is 0 Å². The number of amides is 1. The molecule has 1 atom stereocenters. The van der Waals surface area contributed by atoms with Gasteiger partial charge in [0.05, 0.1) is 11.4 Å². The molecule has 2 aromatic heterocycles. The molecule has 3 aromatic rings. The maximum atomic E-state index is 13.4. The smallest absolute Gasteiger partial charge is 0.276 e. The van der Waals surface area contributed by atoms with Crippen LogP contribution in [0.3, 0.4) is 0 Å². The Morgan fingerprint density at radius 2 is 1.87 bits per heavy atom. The van der Waals surface area contributed by atoms with Crippen molar-refractivity contribution in [1.82, 2.24) is 29.9 Å². The Morgan fingerprint density at radius 3 is 2.55 bits per heavy atom. The van der Waals surface area contributed by atoms with E-state index in [0.29, 0.717) is 16.6 Å². The molecule has 0 saturated carbocycles. The topological polar surface area (TPSA) is 76.8 Å². The lowest BCUT2D eigenvalue weighted by Crippen LogP contribution is -2.42. The summed E-state index contributed by atoms with van der Waals surface area (Å²) in [6.07, 6.45) is 3.20. The molecule has 31 heavy (non-hydrogen) atoms. The number of carbonyl (C=O) groups is 1. The van der Waals surface area contributed by atoms with Crippen molar-refractivity contribution in [2.45, 2.75) is 57.0 Å². The molecule has 1 aromatic carbocycles. The SMILES string of the molecule is Cc1cc(C)nc(SCc2c(C(=O)N3CCCCC3C)nnn2-c2ccc(Br)cc2)n1. The summed E-state index contributed by atoms with van der Waals surface area (Å²) in [4.78, 5) is 24.4. The van der Waals surface area contributed by atoms with Gasteiger partial charge in [-0.2, -0.15) is 0 Å². The Hall–Kier alpha value is -2.26. The highest BCUT2D eigenvalue weighted by atomic mass is 79.9. The minimum absolute atomic E-state index is 0.0486. The quantitative estimate of drug-likeness (QED) is 0.371. The van der Waals surface area contributed by atoms with Crippen molar-refractivity contribution in [2.75, 3.05) is 6.54 Å². The molecule has 0 N–H and O–H groups in total. The minimum Gasteiger partial charge on any atom is -0.334 e. The van der Waals surface area contributed by atoms with E-state index in [9.17, 15) is 4.79 Å². The standard InChI is InChI=1S/C22H25BrN6OS/c1-14-12-15(2)25-22(24-14)31-13-19-20(21(30)28-11-5-4-6-16(28)3)26-27-29(19)18-9-7-17(23)8-10-18/h7-10,12,16H,4-6,11,13H2,1-3H3. The zero-order valence-corrected chi connectivity index (χ0v) is 20.3. The zero-order valence-electron chi connectivity index (χ0n) is 17.9. The van der Waals surface area contributed by atoms with Gasteiger partial charge in [-0.3, -0.25) is 4.79 Å². The van der Waals surface area contributed by atoms with Crippen molar-refractivity contribution in [3.05, 3.63) is 57.6 Å². The van der Waals surface area contributed by atoms with Gasteiger partial charge in [0.25, 0.3) is 5.91 Å². The molecule has 1 unspecified atom stereocenters. The van der Waals surface area contributed by atoms with E-state index in [1.807, 2.05) is 49.1 Å². The largest absolute Gasteiger partial charge is 0.334 e. The third kappa shape index (κ3) is 4.98. The third-order valence-corrected chi connectivity index (χ3v) is 6.79. The number of thioether (sulfide) groups is 1. The molecule has 0 bridgehead atoms. The van der Waals surface area contributed by atoms with Gasteiger partial charge in [0.1, 0.15) is 0 Å². The monoisotopic (exact) mass is 500 g/mol. The Labute approximate surface area is 194 Å². The van der Waals surface area contributed by atoms with Gasteiger partial charge in [0.15, 0.2) is 10.9 Å². The Morgan fingerprint density at radius 1 is 1.16 bits per heavy atom. The summed E-state index contributed by atoms with van der Waals surface area (Å²) < 4.78 is 2.73. The van der Waals surface area contributed by atoms with Crippen LogP contribution >= 0.6 is 27.7 Å². The second-order valence-corrected chi connectivity index (χ2v) is 9.70. The first-order valence-electron chi connectivity index (χ1n) is 10.4. The van der Waals surface area contributed by atoms with Crippen LogP contribution in [0.1, 0.15) is 53.8 Å². The molecule has 1 aliphatic rings. The fraction of sp³-hybridized carbons (Fsp3) is 0.409. The van der Waals surface area contributed by atoms with Gasteiger partial charge in [-0.25, -0.2) is 14.6 Å². The van der Waals surface area contributed by atoms with Crippen LogP contribution < -0.4 is 0 Å². The highest BCUT2D eigenvalue weighted by Gasteiger charge is 2.29. The first-order valence-corrected chi connectivity index (χ1v) is 12.2. The number of rotatable bonds is 5. The number of likely N-dealkylation sites (tertiary alicyclic amines) is 1. The number of aromatic nitrogens is 5. The molecule has 0 spiro atoms. The van der Waals surface area contributed by atoms with Gasteiger partial charge < -0.3 is 4.90 Å². The van der Waals surface area contributed by atoms with Gasteiger partial charge >= 0.3 is 0 Å². The summed E-state index contributed by atoms with van der Waals surface area (Å²) in [7, 11) is 0. The molecule has 7 nitrogen and oxygen atoms in total. The molecular formula is C22H25BrN6OS. The second-order valence-electron chi connectivity index (χ2n) is 7.84. The van der Waals surface area contributed by atoms with Gasteiger partial charge in [-0.15, -0.1) is 5.10 Å². The normalized spacial score (nSPS) is 16.5. The van der Waals surface area contributed by atoms with Crippen LogP contribution in [0.15, 0.2) is 40.0 Å². The lowest BCUT2D eigenvalue weighted by Gasteiger charge is -2.33. The predicted molar refractivity (Wildman–Crippen MR) is 124 cm³/mol. The van der Waals surface area contributed by atoms with Crippen LogP contribution in [-0.4, -0.2) is 48.4 Å². The fourth-order valence-electron chi connectivity index (χ4n) is 3.81. The van der Waals surface area contributed by atoms with E-state index in [0.717, 1.165) is 53.0 Å². The average Bonchev–Trinajstić information content (AvgIpc) is 3.16. The zero-order chi connectivity index (χ0) is 22.0. The van der Waals surface area contributed by atoms with Gasteiger partial charge in [0.2, 0.25) is 0 Å². The Balaban J connectivity index is 1.69. The minimum atomic E-state index is -0.0486. The molecular weight excluding hydrogens is 476 g/mol. The average molecular weight is 501 g/mol. The number of nitrogens with zero attached hydrogens (tertiary/aromatic N) is 6. The Bertz CT molecular complexity index is 1060. The van der Waals surface area contributed by atoms with Crippen LogP contribution in [0, 0.1) is 13.8 Å². The predicted octanol–water partition coefficient (Wildman–Crippen LogP) is 4.74. The number of hydrogen-bond donors (Lipinski definition) is 0. The summed E-state index contributed by atoms with van der Waals surface area (Å²) in [5.74, 6) is 0.447. The van der Waals surface area contributed by atoms with Crippen molar-refractivity contribution in [3.63, 3.8) is 0 Å². The highest BCUT2D eigenvalue weighted by molar-refractivity contribution is 9.10. The molecule has 9 heteroatoms. The van der Waals surface area contributed by atoms with E-state index in [1.165, 1.54) is 11.8 Å². The van der Waals surface area contributed by atoms with Crippen LogP contribution in [0.5, 0.6) is 0 Å². The van der Waals surface area contributed by atoms with Crippen molar-refractivity contribution >= 4 is 33.6 Å². The van der Waals surface area contributed by atoms with Crippen molar-refractivity contribution < 1.29 is 4.79 Å². The highest BCUT2D eigenvalue weighted by Crippen LogP contribution is 2.26. The van der Waals surface area contributed by atoms with E-state index in [2.05, 4.69) is 43.1 Å². The molecule has 1 fully saturated rings. The van der Waals surface area contributed by atoms with Gasteiger partial charge in [0, 0.05) is 34.2 Å². The number of hydrogen-bond acceptors (Lipinski definition) is 6. The van der Waals surface area contributed by atoms with Crippen LogP contribution in [0.4, 0.5) is 0 Å². The molecule has 0 radical (unpaired) electrons. The van der Waals surface area contributed by atoms with Crippen LogP contribution in [0.25, 0.3) is 5.69 Å². The van der Waals surface area contributed by atoms with E-state index >= 15 is 0 Å². The summed E-state index contributed by atoms with van der Waals surface area (Å²) in [5, 5.41) is 9.37. The van der Waals surface area contributed by atoms with E-state index in [-0.39, 0.29) is 11.9 Å². The first kappa shape index (κ1) is 22.0. The number of piperidine rings is 1. The van der Waals surface area contributed by atoms with E-state index in [1.54, 1.807) is 4.68 Å². The summed E-state index contributed by atoms with van der Waals surface area (Å²) >= 11 is 4.97. The molecule has 1 aliphatic heterocycles. The molecule has 1 saturated heterocycles. The summed E-state index contributed by atoms with van der Waals surface area (Å²) in [6, 6.07) is 9.98. The number of carbonyl (C=O) groups excluding carboxylic acids is 1. The maximum absolute atomic E-state index is 13.4. The first-order chi connectivity index (χ1) is 14.9. The second kappa shape index (κ2) is 9.48. The Kier molecular flexibility index (Phi) is 6.71. The summed E-state index contributed by atoms with van der Waals surface area (Å²) in [5.41, 5.74) is 3.88. The van der Waals surface area contributed by atoms with Gasteiger partial charge in [-0.1, -0.05) is 32.9 Å². The maximum Gasteiger partial charge on any atom is 0.276 e. The van der Waals surface area contributed by atoms with E-state index in [4.69, 9.17) is 0 Å². The van der Waals surface area contributed by atoms with Gasteiger partial charge in [-0.05, 0) is 70.4 Å². The third-order valence-electron chi connectivity index (χ3n) is 5.40. The number of halogens is 1. The van der Waals surface area contributed by atoms with Crippen LogP contribution in [0.2, 0.25) is 0 Å².